The highest BCUT2D eigenvalue weighted by molar-refractivity contribution is 7.89. The van der Waals surface area contributed by atoms with Gasteiger partial charge in [0.15, 0.2) is 11.9 Å². The van der Waals surface area contributed by atoms with E-state index in [1.165, 1.54) is 32.0 Å². The number of anilines is 1. The number of nitrogens with one attached hydrogen (secondary N) is 2. The maximum absolute atomic E-state index is 12.2. The average molecular weight is 473 g/mol. The van der Waals surface area contributed by atoms with Crippen LogP contribution in [-0.4, -0.2) is 38.7 Å². The van der Waals surface area contributed by atoms with E-state index in [9.17, 15) is 22.8 Å². The van der Waals surface area contributed by atoms with E-state index < -0.39 is 34.5 Å². The molecule has 0 saturated heterocycles. The first-order chi connectivity index (χ1) is 14.0. The van der Waals surface area contributed by atoms with Crippen molar-refractivity contribution >= 4 is 56.6 Å². The highest BCUT2D eigenvalue weighted by atomic mass is 35.5. The fraction of sp³-hybridized carbons (Fsp3) is 0.211. The van der Waals surface area contributed by atoms with Gasteiger partial charge in [0.05, 0.1) is 20.6 Å². The van der Waals surface area contributed by atoms with E-state index in [-0.39, 0.29) is 26.4 Å². The topological polar surface area (TPSA) is 119 Å². The maximum atomic E-state index is 12.2. The number of benzene rings is 2. The molecule has 2 rings (SSSR count). The summed E-state index contributed by atoms with van der Waals surface area (Å²) in [7, 11) is -4.05. The Labute approximate surface area is 183 Å². The van der Waals surface area contributed by atoms with Crippen LogP contribution in [0, 0.1) is 0 Å². The number of ketones is 1. The first-order valence-electron chi connectivity index (χ1n) is 8.56. The van der Waals surface area contributed by atoms with Gasteiger partial charge in [-0.25, -0.2) is 8.42 Å². The summed E-state index contributed by atoms with van der Waals surface area (Å²) in [5.41, 5.74) is 0.581. The summed E-state index contributed by atoms with van der Waals surface area (Å²) < 4.78 is 31.5. The smallest absolute Gasteiger partial charge is 0.321 e. The van der Waals surface area contributed by atoms with Gasteiger partial charge in [-0.2, -0.15) is 4.72 Å². The molecule has 0 aliphatic heterocycles. The zero-order valence-electron chi connectivity index (χ0n) is 15.9. The Morgan fingerprint density at radius 2 is 1.73 bits per heavy atom. The molecule has 0 heterocycles. The highest BCUT2D eigenvalue weighted by Gasteiger charge is 2.22. The second-order valence-corrected chi connectivity index (χ2v) is 8.70. The highest BCUT2D eigenvalue weighted by Crippen LogP contribution is 2.24. The molecule has 0 saturated carbocycles. The molecule has 30 heavy (non-hydrogen) atoms. The van der Waals surface area contributed by atoms with E-state index in [1.54, 1.807) is 18.2 Å². The molecule has 0 bridgehead atoms. The first-order valence-corrected chi connectivity index (χ1v) is 10.8. The summed E-state index contributed by atoms with van der Waals surface area (Å²) in [5, 5.41) is 2.73. The first kappa shape index (κ1) is 23.8. The van der Waals surface area contributed by atoms with Gasteiger partial charge in [0, 0.05) is 5.56 Å². The predicted octanol–water partition coefficient (Wildman–Crippen LogP) is 3.04. The molecule has 0 fully saturated rings. The predicted molar refractivity (Wildman–Crippen MR) is 112 cm³/mol. The molecule has 0 spiro atoms. The van der Waals surface area contributed by atoms with E-state index in [0.717, 1.165) is 6.07 Å². The number of para-hydroxylation sites is 1. The van der Waals surface area contributed by atoms with Crippen LogP contribution in [0.1, 0.15) is 24.2 Å². The van der Waals surface area contributed by atoms with Crippen LogP contribution in [-0.2, 0) is 24.3 Å². The summed E-state index contributed by atoms with van der Waals surface area (Å²) in [5.74, 6) is -1.89. The third-order valence-corrected chi connectivity index (χ3v) is 5.99. The van der Waals surface area contributed by atoms with Crippen LogP contribution < -0.4 is 10.0 Å². The number of amides is 1. The molecule has 0 aliphatic carbocycles. The number of hydrogen-bond acceptors (Lipinski definition) is 6. The van der Waals surface area contributed by atoms with Crippen molar-refractivity contribution in [2.45, 2.75) is 24.8 Å². The van der Waals surface area contributed by atoms with Crippen molar-refractivity contribution in [3.8, 4) is 0 Å². The average Bonchev–Trinajstić information content (AvgIpc) is 2.68. The SMILES string of the molecule is CC(=O)c1ccccc1NC(=O)C(C)OC(=O)CNS(=O)(=O)c1ccc(Cl)c(Cl)c1. The van der Waals surface area contributed by atoms with Gasteiger partial charge in [0.25, 0.3) is 5.91 Å². The van der Waals surface area contributed by atoms with Crippen LogP contribution in [0.2, 0.25) is 10.0 Å². The molecule has 1 amide bonds. The van der Waals surface area contributed by atoms with E-state index in [1.807, 2.05) is 0 Å². The fourth-order valence-electron chi connectivity index (χ4n) is 2.31. The van der Waals surface area contributed by atoms with Crippen molar-refractivity contribution in [3.63, 3.8) is 0 Å². The zero-order chi connectivity index (χ0) is 22.5. The molecule has 1 unspecified atom stereocenters. The Bertz CT molecular complexity index is 1090. The quantitative estimate of drug-likeness (QED) is 0.450. The van der Waals surface area contributed by atoms with Crippen LogP contribution in [0.25, 0.3) is 0 Å². The van der Waals surface area contributed by atoms with Crippen molar-refractivity contribution in [3.05, 3.63) is 58.1 Å². The van der Waals surface area contributed by atoms with Gasteiger partial charge in [0.2, 0.25) is 10.0 Å². The van der Waals surface area contributed by atoms with Gasteiger partial charge in [-0.3, -0.25) is 14.4 Å². The van der Waals surface area contributed by atoms with Gasteiger partial charge in [-0.05, 0) is 44.2 Å². The van der Waals surface area contributed by atoms with Gasteiger partial charge >= 0.3 is 5.97 Å². The second-order valence-electron chi connectivity index (χ2n) is 6.12. The Hall–Kier alpha value is -2.46. The number of hydrogen-bond donors (Lipinski definition) is 2. The van der Waals surface area contributed by atoms with Crippen molar-refractivity contribution in [2.75, 3.05) is 11.9 Å². The maximum Gasteiger partial charge on any atom is 0.321 e. The number of carbonyl (C=O) groups excluding carboxylic acids is 3. The van der Waals surface area contributed by atoms with Crippen LogP contribution in [0.15, 0.2) is 47.4 Å². The molecular formula is C19H18Cl2N2O6S. The standard InChI is InChI=1S/C19H18Cl2N2O6S/c1-11(24)14-5-3-4-6-17(14)23-19(26)12(2)29-18(25)10-22-30(27,28)13-7-8-15(20)16(21)9-13/h3-9,12,22H,10H2,1-2H3,(H,23,26). The van der Waals surface area contributed by atoms with Crippen LogP contribution in [0.3, 0.4) is 0 Å². The number of sulfonamides is 1. The fourth-order valence-corrected chi connectivity index (χ4v) is 3.66. The van der Waals surface area contributed by atoms with E-state index in [4.69, 9.17) is 27.9 Å². The van der Waals surface area contributed by atoms with Crippen LogP contribution >= 0.6 is 23.2 Å². The lowest BCUT2D eigenvalue weighted by Gasteiger charge is -2.15. The van der Waals surface area contributed by atoms with Crippen LogP contribution in [0.5, 0.6) is 0 Å². The molecule has 0 radical (unpaired) electrons. The number of esters is 1. The minimum absolute atomic E-state index is 0.0400. The Morgan fingerprint density at radius 3 is 2.37 bits per heavy atom. The van der Waals surface area contributed by atoms with E-state index >= 15 is 0 Å². The molecule has 1 atom stereocenters. The molecule has 0 aromatic heterocycles. The zero-order valence-corrected chi connectivity index (χ0v) is 18.3. The molecule has 2 aromatic carbocycles. The third kappa shape index (κ3) is 6.27. The summed E-state index contributed by atoms with van der Waals surface area (Å²) >= 11 is 11.6. The summed E-state index contributed by atoms with van der Waals surface area (Å²) in [6, 6.07) is 10.0. The lowest BCUT2D eigenvalue weighted by molar-refractivity contribution is -0.151. The van der Waals surface area contributed by atoms with Gasteiger partial charge in [0.1, 0.15) is 6.54 Å². The molecule has 2 N–H and O–H groups in total. The second kappa shape index (κ2) is 10.0. The van der Waals surface area contributed by atoms with E-state index in [0.29, 0.717) is 5.56 Å². The summed E-state index contributed by atoms with van der Waals surface area (Å²) in [6.45, 7) is 1.97. The minimum atomic E-state index is -4.05. The normalized spacial score (nSPS) is 12.1. The molecule has 11 heteroatoms. The van der Waals surface area contributed by atoms with Crippen molar-refractivity contribution in [2.24, 2.45) is 0 Å². The third-order valence-electron chi connectivity index (χ3n) is 3.85. The molecule has 160 valence electrons. The molecule has 2 aromatic rings. The van der Waals surface area contributed by atoms with Crippen molar-refractivity contribution in [1.82, 2.24) is 4.72 Å². The minimum Gasteiger partial charge on any atom is -0.452 e. The molecule has 8 nitrogen and oxygen atoms in total. The molecule has 0 aliphatic rings. The van der Waals surface area contributed by atoms with Gasteiger partial charge in [-0.15, -0.1) is 0 Å². The van der Waals surface area contributed by atoms with Gasteiger partial charge in [-0.1, -0.05) is 35.3 Å². The number of carbonyl (C=O) groups is 3. The van der Waals surface area contributed by atoms with Gasteiger partial charge < -0.3 is 10.1 Å². The summed E-state index contributed by atoms with van der Waals surface area (Å²) in [4.78, 5) is 35.6. The number of Topliss-reactive ketones (excluding diaryl/α,β-unsaturated/α-hetero) is 1. The van der Waals surface area contributed by atoms with Crippen molar-refractivity contribution < 1.29 is 27.5 Å². The van der Waals surface area contributed by atoms with Crippen LogP contribution in [0.4, 0.5) is 5.69 Å². The Balaban J connectivity index is 1.95. The Morgan fingerprint density at radius 1 is 1.07 bits per heavy atom. The lowest BCUT2D eigenvalue weighted by atomic mass is 10.1. The number of rotatable bonds is 8. The summed E-state index contributed by atoms with van der Waals surface area (Å²) in [6.07, 6.45) is -1.23. The van der Waals surface area contributed by atoms with E-state index in [2.05, 4.69) is 10.0 Å². The largest absolute Gasteiger partial charge is 0.452 e. The number of halogens is 2. The Kier molecular flexibility index (Phi) is 7.96. The molecular weight excluding hydrogens is 455 g/mol. The lowest BCUT2D eigenvalue weighted by Crippen LogP contribution is -2.36. The van der Waals surface area contributed by atoms with Crippen molar-refractivity contribution in [1.29, 1.82) is 0 Å². The monoisotopic (exact) mass is 472 g/mol. The number of ether oxygens (including phenoxy) is 1.